The summed E-state index contributed by atoms with van der Waals surface area (Å²) in [6, 6.07) is 14.2. The number of imide groups is 1. The molecule has 1 N–H and O–H groups in total. The van der Waals surface area contributed by atoms with Crippen molar-refractivity contribution in [2.24, 2.45) is 5.92 Å². The van der Waals surface area contributed by atoms with Gasteiger partial charge in [-0.15, -0.1) is 0 Å². The van der Waals surface area contributed by atoms with Crippen LogP contribution in [0.3, 0.4) is 0 Å². The van der Waals surface area contributed by atoms with E-state index in [9.17, 15) is 27.9 Å². The van der Waals surface area contributed by atoms with E-state index in [0.717, 1.165) is 22.4 Å². The minimum atomic E-state index is -4.01. The molecule has 0 saturated carbocycles. The van der Waals surface area contributed by atoms with Gasteiger partial charge in [-0.2, -0.15) is 5.26 Å². The molecule has 0 aliphatic carbocycles. The van der Waals surface area contributed by atoms with Crippen LogP contribution in [0.5, 0.6) is 0 Å². The van der Waals surface area contributed by atoms with Gasteiger partial charge in [0.1, 0.15) is 6.54 Å². The van der Waals surface area contributed by atoms with Gasteiger partial charge in [-0.05, 0) is 41.8 Å². The molecular weight excluding hydrogens is 458 g/mol. The maximum atomic E-state index is 12.9. The molecule has 1 fully saturated rings. The average Bonchev–Trinajstić information content (AvgIpc) is 3.09. The molecule has 1 unspecified atom stereocenters. The van der Waals surface area contributed by atoms with Gasteiger partial charge in [0.05, 0.1) is 28.2 Å². The van der Waals surface area contributed by atoms with Gasteiger partial charge in [0.25, 0.3) is 0 Å². The van der Waals surface area contributed by atoms with Crippen LogP contribution in [0.4, 0.5) is 4.79 Å². The zero-order chi connectivity index (χ0) is 24.9. The van der Waals surface area contributed by atoms with Crippen LogP contribution in [0.1, 0.15) is 25.3 Å². The molecule has 0 radical (unpaired) electrons. The Morgan fingerprint density at radius 1 is 1.09 bits per heavy atom. The summed E-state index contributed by atoms with van der Waals surface area (Å²) in [7, 11) is -4.01. The molecule has 0 bridgehead atoms. The normalized spacial score (nSPS) is 14.8. The first-order valence-electron chi connectivity index (χ1n) is 10.8. The first-order valence-corrected chi connectivity index (χ1v) is 12.5. The van der Waals surface area contributed by atoms with Gasteiger partial charge in [0, 0.05) is 13.1 Å². The standard InChI is InChI=1S/C24H25N3O6S/c1-2-3-12-26-15-22(28)27(24(26)31)14-20(23(29)30)16-34(32,33)21-10-8-19(9-11-21)18-6-4-17(13-25)5-7-18/h4-11,20H,2-3,12,14-16H2,1H3,(H,29,30). The highest BCUT2D eigenvalue weighted by molar-refractivity contribution is 7.91. The monoisotopic (exact) mass is 483 g/mol. The first kappa shape index (κ1) is 24.9. The fraction of sp³-hybridized carbons (Fsp3) is 0.333. The van der Waals surface area contributed by atoms with Crippen LogP contribution in [0, 0.1) is 17.2 Å². The van der Waals surface area contributed by atoms with Gasteiger partial charge < -0.3 is 10.0 Å². The highest BCUT2D eigenvalue weighted by Crippen LogP contribution is 2.24. The number of carboxylic acids is 1. The maximum Gasteiger partial charge on any atom is 0.327 e. The number of carboxylic acid groups (broad SMARTS) is 1. The molecule has 0 aromatic heterocycles. The predicted molar refractivity (Wildman–Crippen MR) is 123 cm³/mol. The largest absolute Gasteiger partial charge is 0.481 e. The third-order valence-electron chi connectivity index (χ3n) is 5.64. The Kier molecular flexibility index (Phi) is 7.68. The Bertz CT molecular complexity index is 1220. The molecule has 1 aliphatic heterocycles. The molecule has 2 aromatic rings. The van der Waals surface area contributed by atoms with Crippen molar-refractivity contribution in [3.63, 3.8) is 0 Å². The number of nitriles is 1. The molecule has 1 saturated heterocycles. The van der Waals surface area contributed by atoms with Crippen molar-refractivity contribution in [3.05, 3.63) is 54.1 Å². The molecule has 0 spiro atoms. The number of carbonyl (C=O) groups excluding carboxylic acids is 2. The first-order chi connectivity index (χ1) is 16.2. The lowest BCUT2D eigenvalue weighted by Gasteiger charge is -2.20. The third-order valence-corrected chi connectivity index (χ3v) is 7.48. The Balaban J connectivity index is 1.73. The van der Waals surface area contributed by atoms with Crippen LogP contribution in [-0.2, 0) is 19.4 Å². The number of aliphatic carboxylic acids is 1. The number of carbonyl (C=O) groups is 3. The fourth-order valence-corrected chi connectivity index (χ4v) is 5.19. The van der Waals surface area contributed by atoms with Crippen LogP contribution in [0.25, 0.3) is 11.1 Å². The van der Waals surface area contributed by atoms with Gasteiger partial charge in [0.2, 0.25) is 5.91 Å². The summed E-state index contributed by atoms with van der Waals surface area (Å²) in [6.07, 6.45) is 1.54. The smallest absolute Gasteiger partial charge is 0.327 e. The summed E-state index contributed by atoms with van der Waals surface area (Å²) < 4.78 is 25.8. The van der Waals surface area contributed by atoms with Crippen LogP contribution < -0.4 is 0 Å². The van der Waals surface area contributed by atoms with Crippen molar-refractivity contribution in [1.82, 2.24) is 9.80 Å². The van der Waals surface area contributed by atoms with Crippen molar-refractivity contribution in [2.45, 2.75) is 24.7 Å². The summed E-state index contributed by atoms with van der Waals surface area (Å²) in [6.45, 7) is 1.70. The molecule has 1 heterocycles. The topological polar surface area (TPSA) is 136 Å². The number of rotatable bonds is 10. The highest BCUT2D eigenvalue weighted by Gasteiger charge is 2.39. The van der Waals surface area contributed by atoms with Crippen LogP contribution >= 0.6 is 0 Å². The lowest BCUT2D eigenvalue weighted by Crippen LogP contribution is -2.41. The Morgan fingerprint density at radius 3 is 2.21 bits per heavy atom. The van der Waals surface area contributed by atoms with Gasteiger partial charge in [-0.1, -0.05) is 37.6 Å². The molecule has 3 rings (SSSR count). The minimum Gasteiger partial charge on any atom is -0.481 e. The minimum absolute atomic E-state index is 0.0557. The predicted octanol–water partition coefficient (Wildman–Crippen LogP) is 2.76. The van der Waals surface area contributed by atoms with E-state index in [1.165, 1.54) is 17.0 Å². The number of hydrogen-bond acceptors (Lipinski definition) is 6. The zero-order valence-electron chi connectivity index (χ0n) is 18.7. The van der Waals surface area contributed by atoms with E-state index in [-0.39, 0.29) is 11.4 Å². The molecular formula is C24H25N3O6S. The van der Waals surface area contributed by atoms with Crippen molar-refractivity contribution >= 4 is 27.7 Å². The number of amides is 3. The molecule has 9 nitrogen and oxygen atoms in total. The van der Waals surface area contributed by atoms with Crippen molar-refractivity contribution in [2.75, 3.05) is 25.4 Å². The maximum absolute atomic E-state index is 12.9. The van der Waals surface area contributed by atoms with Crippen molar-refractivity contribution in [1.29, 1.82) is 5.26 Å². The summed E-state index contributed by atoms with van der Waals surface area (Å²) in [4.78, 5) is 38.7. The molecule has 3 amide bonds. The van der Waals surface area contributed by atoms with Crippen LogP contribution in [0.15, 0.2) is 53.4 Å². The summed E-state index contributed by atoms with van der Waals surface area (Å²) in [5, 5.41) is 18.5. The lowest BCUT2D eigenvalue weighted by molar-refractivity contribution is -0.141. The van der Waals surface area contributed by atoms with Gasteiger partial charge >= 0.3 is 12.0 Å². The van der Waals surface area contributed by atoms with Crippen molar-refractivity contribution < 1.29 is 27.9 Å². The summed E-state index contributed by atoms with van der Waals surface area (Å²) >= 11 is 0. The molecule has 178 valence electrons. The number of sulfone groups is 1. The number of hydrogen-bond donors (Lipinski definition) is 1. The van der Waals surface area contributed by atoms with E-state index < -0.39 is 46.0 Å². The van der Waals surface area contributed by atoms with E-state index >= 15 is 0 Å². The van der Waals surface area contributed by atoms with E-state index in [0.29, 0.717) is 18.5 Å². The van der Waals surface area contributed by atoms with Gasteiger partial charge in [0.15, 0.2) is 9.84 Å². The summed E-state index contributed by atoms with van der Waals surface area (Å²) in [5.41, 5.74) is 2.04. The van der Waals surface area contributed by atoms with E-state index in [2.05, 4.69) is 0 Å². The fourth-order valence-electron chi connectivity index (χ4n) is 3.67. The Morgan fingerprint density at radius 2 is 1.68 bits per heavy atom. The third kappa shape index (κ3) is 5.61. The van der Waals surface area contributed by atoms with E-state index in [1.807, 2.05) is 13.0 Å². The van der Waals surface area contributed by atoms with Crippen molar-refractivity contribution in [3.8, 4) is 17.2 Å². The second-order valence-electron chi connectivity index (χ2n) is 8.09. The molecule has 10 heteroatoms. The van der Waals surface area contributed by atoms with E-state index in [1.54, 1.807) is 36.4 Å². The number of urea groups is 1. The summed E-state index contributed by atoms with van der Waals surface area (Å²) in [5.74, 6) is -4.13. The second kappa shape index (κ2) is 10.5. The number of benzene rings is 2. The van der Waals surface area contributed by atoms with Gasteiger partial charge in [-0.25, -0.2) is 13.2 Å². The quantitative estimate of drug-likeness (QED) is 0.513. The molecule has 34 heavy (non-hydrogen) atoms. The van der Waals surface area contributed by atoms with E-state index in [4.69, 9.17) is 5.26 Å². The molecule has 2 aromatic carbocycles. The molecule has 1 aliphatic rings. The number of unbranched alkanes of at least 4 members (excludes halogenated alkanes) is 1. The molecule has 1 atom stereocenters. The Hall–Kier alpha value is -3.71. The lowest BCUT2D eigenvalue weighted by atomic mass is 10.0. The average molecular weight is 484 g/mol. The second-order valence-corrected chi connectivity index (χ2v) is 10.1. The SMILES string of the molecule is CCCCN1CC(=O)N(CC(CS(=O)(=O)c2ccc(-c3ccc(C#N)cc3)cc2)C(=O)O)C1=O. The van der Waals surface area contributed by atoms with Gasteiger partial charge in [-0.3, -0.25) is 14.5 Å². The number of nitrogens with zero attached hydrogens (tertiary/aromatic N) is 3. The van der Waals surface area contributed by atoms with Crippen LogP contribution in [-0.4, -0.2) is 66.6 Å². The highest BCUT2D eigenvalue weighted by atomic mass is 32.2. The Labute approximate surface area is 198 Å². The van der Waals surface area contributed by atoms with Crippen LogP contribution in [0.2, 0.25) is 0 Å². The zero-order valence-corrected chi connectivity index (χ0v) is 19.5.